The number of nitrogens with one attached hydrogen (secondary N) is 1. The minimum Gasteiger partial charge on any atom is -0.392 e. The van der Waals surface area contributed by atoms with Crippen molar-refractivity contribution in [3.8, 4) is 0 Å². The Kier molecular flexibility index (Phi) is 5.03. The maximum atomic E-state index is 11.7. The third-order valence-corrected chi connectivity index (χ3v) is 3.84. The first-order valence-electron chi connectivity index (χ1n) is 6.64. The van der Waals surface area contributed by atoms with E-state index in [9.17, 15) is 4.79 Å². The molecule has 0 saturated carbocycles. The van der Waals surface area contributed by atoms with Crippen molar-refractivity contribution in [2.24, 2.45) is 0 Å². The van der Waals surface area contributed by atoms with Gasteiger partial charge in [-0.3, -0.25) is 4.79 Å². The summed E-state index contributed by atoms with van der Waals surface area (Å²) < 4.78 is 2.10. The number of hydrogen-bond acceptors (Lipinski definition) is 4. The topological polar surface area (TPSA) is 67.2 Å². The number of hydrogen-bond donors (Lipinski definition) is 2. The van der Waals surface area contributed by atoms with Crippen LogP contribution in [0.4, 0.5) is 0 Å². The summed E-state index contributed by atoms with van der Waals surface area (Å²) in [5, 5.41) is 12.7. The van der Waals surface area contributed by atoms with Gasteiger partial charge in [-0.2, -0.15) is 0 Å². The molecular weight excluding hydrogens is 274 g/mol. The smallest absolute Gasteiger partial charge is 0.230 e. The Balaban J connectivity index is 2.04. The third-order valence-electron chi connectivity index (χ3n) is 2.86. The van der Waals surface area contributed by atoms with Crippen LogP contribution in [0.15, 0.2) is 29.4 Å². The summed E-state index contributed by atoms with van der Waals surface area (Å²) >= 11 is 1.42. The zero-order valence-electron chi connectivity index (χ0n) is 11.7. The van der Waals surface area contributed by atoms with Crippen LogP contribution in [0.5, 0.6) is 0 Å². The fourth-order valence-electron chi connectivity index (χ4n) is 1.91. The SMILES string of the molecule is CCn1c(SCC(=O)NCC(C)O)nc2ccccc21. The zero-order valence-corrected chi connectivity index (χ0v) is 12.5. The molecule has 5 nitrogen and oxygen atoms in total. The molecule has 0 aliphatic carbocycles. The Morgan fingerprint density at radius 3 is 2.95 bits per heavy atom. The fraction of sp³-hybridized carbons (Fsp3) is 0.429. The number of imidazole rings is 1. The molecule has 2 aromatic rings. The number of carbonyl (C=O) groups is 1. The highest BCUT2D eigenvalue weighted by atomic mass is 32.2. The van der Waals surface area contributed by atoms with Gasteiger partial charge >= 0.3 is 0 Å². The zero-order chi connectivity index (χ0) is 14.5. The number of aromatic nitrogens is 2. The van der Waals surface area contributed by atoms with Gasteiger partial charge in [0.25, 0.3) is 0 Å². The van der Waals surface area contributed by atoms with Crippen LogP contribution in [-0.4, -0.2) is 39.0 Å². The monoisotopic (exact) mass is 293 g/mol. The van der Waals surface area contributed by atoms with Crippen LogP contribution < -0.4 is 5.32 Å². The summed E-state index contributed by atoms with van der Waals surface area (Å²) in [7, 11) is 0. The Bertz CT molecular complexity index is 595. The molecule has 1 aromatic carbocycles. The van der Waals surface area contributed by atoms with Gasteiger partial charge in [0.15, 0.2) is 5.16 Å². The van der Waals surface area contributed by atoms with Crippen molar-refractivity contribution in [1.29, 1.82) is 0 Å². The van der Waals surface area contributed by atoms with E-state index < -0.39 is 6.10 Å². The number of aliphatic hydroxyl groups is 1. The normalized spacial score (nSPS) is 12.6. The van der Waals surface area contributed by atoms with E-state index in [0.29, 0.717) is 5.75 Å². The Hall–Kier alpha value is -1.53. The van der Waals surface area contributed by atoms with Crippen molar-refractivity contribution in [2.45, 2.75) is 31.7 Å². The average Bonchev–Trinajstić information content (AvgIpc) is 2.80. The Labute approximate surface area is 122 Å². The molecule has 0 bridgehead atoms. The standard InChI is InChI=1S/C14H19N3O2S/c1-3-17-12-7-5-4-6-11(12)16-14(17)20-9-13(19)15-8-10(2)18/h4-7,10,18H,3,8-9H2,1-2H3,(H,15,19). The second kappa shape index (κ2) is 6.76. The highest BCUT2D eigenvalue weighted by Gasteiger charge is 2.11. The first-order valence-corrected chi connectivity index (χ1v) is 7.63. The number of amides is 1. The lowest BCUT2D eigenvalue weighted by molar-refractivity contribution is -0.118. The summed E-state index contributed by atoms with van der Waals surface area (Å²) in [5.41, 5.74) is 2.03. The second-order valence-corrected chi connectivity index (χ2v) is 5.51. The molecule has 2 N–H and O–H groups in total. The molecule has 0 saturated heterocycles. The van der Waals surface area contributed by atoms with E-state index in [-0.39, 0.29) is 12.5 Å². The van der Waals surface area contributed by atoms with Crippen LogP contribution in [-0.2, 0) is 11.3 Å². The maximum Gasteiger partial charge on any atom is 0.230 e. The summed E-state index contributed by atoms with van der Waals surface area (Å²) in [4.78, 5) is 16.2. The Morgan fingerprint density at radius 1 is 1.50 bits per heavy atom. The highest BCUT2D eigenvalue weighted by molar-refractivity contribution is 7.99. The van der Waals surface area contributed by atoms with Crippen molar-refractivity contribution < 1.29 is 9.90 Å². The molecule has 108 valence electrons. The third kappa shape index (κ3) is 3.52. The minimum atomic E-state index is -0.524. The van der Waals surface area contributed by atoms with Crippen LogP contribution >= 0.6 is 11.8 Å². The molecule has 1 heterocycles. The first-order chi connectivity index (χ1) is 9.61. The molecule has 1 aromatic heterocycles. The van der Waals surface area contributed by atoms with E-state index >= 15 is 0 Å². The molecule has 1 unspecified atom stereocenters. The molecule has 1 amide bonds. The van der Waals surface area contributed by atoms with Gasteiger partial charge in [0.1, 0.15) is 0 Å². The van der Waals surface area contributed by atoms with Gasteiger partial charge in [-0.05, 0) is 26.0 Å². The van der Waals surface area contributed by atoms with Crippen molar-refractivity contribution in [1.82, 2.24) is 14.9 Å². The summed E-state index contributed by atoms with van der Waals surface area (Å²) in [5.74, 6) is 0.210. The predicted octanol–water partition coefficient (Wildman–Crippen LogP) is 1.65. The first kappa shape index (κ1) is 14.9. The molecule has 0 spiro atoms. The molecule has 0 aliphatic rings. The lowest BCUT2D eigenvalue weighted by Gasteiger charge is -2.07. The predicted molar refractivity (Wildman–Crippen MR) is 80.8 cm³/mol. The van der Waals surface area contributed by atoms with E-state index in [1.807, 2.05) is 24.3 Å². The lowest BCUT2D eigenvalue weighted by Crippen LogP contribution is -2.31. The molecular formula is C14H19N3O2S. The van der Waals surface area contributed by atoms with Crippen LogP contribution in [0.2, 0.25) is 0 Å². The number of nitrogens with zero attached hydrogens (tertiary/aromatic N) is 2. The van der Waals surface area contributed by atoms with Crippen LogP contribution in [0.3, 0.4) is 0 Å². The quantitative estimate of drug-likeness (QED) is 0.795. The van der Waals surface area contributed by atoms with E-state index in [4.69, 9.17) is 5.11 Å². The van der Waals surface area contributed by atoms with Crippen LogP contribution in [0.1, 0.15) is 13.8 Å². The van der Waals surface area contributed by atoms with Crippen molar-refractivity contribution in [3.05, 3.63) is 24.3 Å². The number of aryl methyl sites for hydroxylation is 1. The average molecular weight is 293 g/mol. The lowest BCUT2D eigenvalue weighted by atomic mass is 10.3. The van der Waals surface area contributed by atoms with Crippen LogP contribution in [0.25, 0.3) is 11.0 Å². The van der Waals surface area contributed by atoms with Gasteiger partial charge < -0.3 is 15.0 Å². The summed E-state index contributed by atoms with van der Waals surface area (Å²) in [6.45, 7) is 4.80. The van der Waals surface area contributed by atoms with Gasteiger partial charge in [0, 0.05) is 13.1 Å². The minimum absolute atomic E-state index is 0.0920. The van der Waals surface area contributed by atoms with Gasteiger partial charge in [0.2, 0.25) is 5.91 Å². The summed E-state index contributed by atoms with van der Waals surface area (Å²) in [6, 6.07) is 7.95. The molecule has 0 radical (unpaired) electrons. The molecule has 20 heavy (non-hydrogen) atoms. The van der Waals surface area contributed by atoms with Gasteiger partial charge in [-0.15, -0.1) is 0 Å². The number of carbonyl (C=O) groups excluding carboxylic acids is 1. The number of aliphatic hydroxyl groups excluding tert-OH is 1. The summed E-state index contributed by atoms with van der Waals surface area (Å²) in [6.07, 6.45) is -0.524. The maximum absolute atomic E-state index is 11.7. The number of fused-ring (bicyclic) bond motifs is 1. The molecule has 0 aliphatic heterocycles. The van der Waals surface area contributed by atoms with E-state index in [1.54, 1.807) is 6.92 Å². The molecule has 1 atom stereocenters. The van der Waals surface area contributed by atoms with E-state index in [2.05, 4.69) is 21.8 Å². The number of thioether (sulfide) groups is 1. The van der Waals surface area contributed by atoms with Crippen molar-refractivity contribution in [3.63, 3.8) is 0 Å². The van der Waals surface area contributed by atoms with E-state index in [1.165, 1.54) is 11.8 Å². The van der Waals surface area contributed by atoms with Crippen LogP contribution in [0, 0.1) is 0 Å². The Morgan fingerprint density at radius 2 is 2.25 bits per heavy atom. The van der Waals surface area contributed by atoms with Crippen molar-refractivity contribution >= 4 is 28.7 Å². The number of benzene rings is 1. The van der Waals surface area contributed by atoms with Gasteiger partial charge in [-0.25, -0.2) is 4.98 Å². The molecule has 0 fully saturated rings. The number of rotatable bonds is 6. The molecule has 6 heteroatoms. The largest absolute Gasteiger partial charge is 0.392 e. The van der Waals surface area contributed by atoms with Gasteiger partial charge in [0.05, 0.1) is 22.9 Å². The fourth-order valence-corrected chi connectivity index (χ4v) is 2.82. The van der Waals surface area contributed by atoms with E-state index in [0.717, 1.165) is 22.7 Å². The molecule has 2 rings (SSSR count). The van der Waals surface area contributed by atoms with Gasteiger partial charge in [-0.1, -0.05) is 23.9 Å². The number of para-hydroxylation sites is 2. The van der Waals surface area contributed by atoms with Crippen molar-refractivity contribution in [2.75, 3.05) is 12.3 Å². The highest BCUT2D eigenvalue weighted by Crippen LogP contribution is 2.23. The second-order valence-electron chi connectivity index (χ2n) is 4.57.